The van der Waals surface area contributed by atoms with Crippen molar-refractivity contribution in [3.63, 3.8) is 0 Å². The van der Waals surface area contributed by atoms with Gasteiger partial charge in [0.2, 0.25) is 11.7 Å². The molecule has 0 amide bonds. The third-order valence-corrected chi connectivity index (χ3v) is 7.18. The number of aromatic hydroxyl groups is 2. The van der Waals surface area contributed by atoms with Gasteiger partial charge in [-0.3, -0.25) is 4.79 Å². The molecule has 222 valence electrons. The van der Waals surface area contributed by atoms with Crippen LogP contribution in [0.4, 0.5) is 0 Å². The third kappa shape index (κ3) is 5.49. The van der Waals surface area contributed by atoms with Crippen molar-refractivity contribution < 1.29 is 64.2 Å². The first-order chi connectivity index (χ1) is 19.5. The quantitative estimate of drug-likeness (QED) is 0.174. The van der Waals surface area contributed by atoms with Crippen molar-refractivity contribution in [3.8, 4) is 28.4 Å². The minimum atomic E-state index is -1.71. The number of phenolic OH excluding ortho intramolecular Hbond substituents is 2. The van der Waals surface area contributed by atoms with Gasteiger partial charge in [0.15, 0.2) is 12.4 Å². The maximum absolute atomic E-state index is 13.0. The molecule has 14 heteroatoms. The fraction of sp³-hybridized carbons (Fsp3) is 0.444. The van der Waals surface area contributed by atoms with Crippen molar-refractivity contribution >= 4 is 11.0 Å². The number of aliphatic hydroxyl groups is 6. The van der Waals surface area contributed by atoms with Gasteiger partial charge in [-0.2, -0.15) is 0 Å². The zero-order valence-electron chi connectivity index (χ0n) is 21.5. The lowest BCUT2D eigenvalue weighted by atomic mass is 9.97. The highest BCUT2D eigenvalue weighted by Crippen LogP contribution is 2.32. The Morgan fingerprint density at radius 3 is 2.24 bits per heavy atom. The minimum Gasteiger partial charge on any atom is -0.508 e. The summed E-state index contributed by atoms with van der Waals surface area (Å²) in [5, 5.41) is 80.9. The number of fused-ring (bicyclic) bond motifs is 1. The maximum atomic E-state index is 13.0. The molecule has 2 aliphatic heterocycles. The molecule has 2 saturated heterocycles. The van der Waals surface area contributed by atoms with Crippen LogP contribution in [-0.4, -0.2) is 109 Å². The predicted molar refractivity (Wildman–Crippen MR) is 137 cm³/mol. The molecule has 0 saturated carbocycles. The summed E-state index contributed by atoms with van der Waals surface area (Å²) in [6, 6.07) is 8.14. The molecular weight excluding hydrogens is 548 g/mol. The van der Waals surface area contributed by atoms with E-state index >= 15 is 0 Å². The second-order valence-electron chi connectivity index (χ2n) is 9.95. The second-order valence-corrected chi connectivity index (χ2v) is 9.95. The highest BCUT2D eigenvalue weighted by Gasteiger charge is 2.50. The first-order valence-electron chi connectivity index (χ1n) is 12.7. The Bertz CT molecular complexity index is 1420. The number of rotatable bonds is 6. The Balaban J connectivity index is 1.39. The summed E-state index contributed by atoms with van der Waals surface area (Å²) in [7, 11) is 0. The molecule has 3 heterocycles. The van der Waals surface area contributed by atoms with Gasteiger partial charge >= 0.3 is 0 Å². The normalized spacial score (nSPS) is 34.0. The molecule has 2 aromatic carbocycles. The van der Waals surface area contributed by atoms with Crippen LogP contribution in [0, 0.1) is 0 Å². The zero-order valence-corrected chi connectivity index (χ0v) is 21.5. The van der Waals surface area contributed by atoms with Gasteiger partial charge in [0.05, 0.1) is 18.3 Å². The van der Waals surface area contributed by atoms with Crippen LogP contribution in [0.5, 0.6) is 17.2 Å². The number of ether oxygens (including phenoxy) is 4. The van der Waals surface area contributed by atoms with Gasteiger partial charge < -0.3 is 64.2 Å². The lowest BCUT2D eigenvalue weighted by Crippen LogP contribution is -2.64. The fourth-order valence-corrected chi connectivity index (χ4v) is 4.84. The van der Waals surface area contributed by atoms with Crippen LogP contribution in [0.15, 0.2) is 51.9 Å². The molecule has 0 spiro atoms. The first-order valence-corrected chi connectivity index (χ1v) is 12.7. The summed E-state index contributed by atoms with van der Waals surface area (Å²) in [6.45, 7) is 0.772. The van der Waals surface area contributed by atoms with Crippen molar-refractivity contribution in [3.05, 3.63) is 52.9 Å². The van der Waals surface area contributed by atoms with E-state index in [9.17, 15) is 45.6 Å². The summed E-state index contributed by atoms with van der Waals surface area (Å²) in [5.41, 5.74) is -0.0459. The van der Waals surface area contributed by atoms with Crippen LogP contribution in [0.25, 0.3) is 22.1 Å². The van der Waals surface area contributed by atoms with Crippen LogP contribution in [0.2, 0.25) is 0 Å². The summed E-state index contributed by atoms with van der Waals surface area (Å²) in [6.07, 6.45) is -13.5. The third-order valence-electron chi connectivity index (χ3n) is 7.18. The molecule has 41 heavy (non-hydrogen) atoms. The Labute approximate surface area is 231 Å². The smallest absolute Gasteiger partial charge is 0.229 e. The zero-order chi connectivity index (χ0) is 29.6. The van der Waals surface area contributed by atoms with E-state index in [1.807, 2.05) is 0 Å². The Hall–Kier alpha value is -3.31. The number of hydrogen-bond acceptors (Lipinski definition) is 14. The molecule has 8 N–H and O–H groups in total. The summed E-state index contributed by atoms with van der Waals surface area (Å²) >= 11 is 0. The monoisotopic (exact) mass is 578 g/mol. The summed E-state index contributed by atoms with van der Waals surface area (Å²) in [4.78, 5) is 13.0. The predicted octanol–water partition coefficient (Wildman–Crippen LogP) is -1.10. The van der Waals surface area contributed by atoms with E-state index in [1.54, 1.807) is 0 Å². The van der Waals surface area contributed by atoms with E-state index in [2.05, 4.69) is 0 Å². The van der Waals surface area contributed by atoms with Gasteiger partial charge in [0, 0.05) is 12.1 Å². The Morgan fingerprint density at radius 2 is 1.56 bits per heavy atom. The SMILES string of the molecule is C[C@@H]1O[C@@H](O[C@@H]2[C@@H](Oc3ccc(-c4coc5cc(O)cc(O)c5c4=O)cc3)O[C@@H](CO)[C@H](O)[C@H]2O)[C@@H](O)[C@@H](O)[C@H]1O. The second kappa shape index (κ2) is 11.5. The number of hydrogen-bond donors (Lipinski definition) is 8. The van der Waals surface area contributed by atoms with Crippen LogP contribution >= 0.6 is 0 Å². The largest absolute Gasteiger partial charge is 0.508 e. The van der Waals surface area contributed by atoms with Crippen LogP contribution in [-0.2, 0) is 14.2 Å². The molecule has 10 atom stereocenters. The van der Waals surface area contributed by atoms with E-state index in [1.165, 1.54) is 43.5 Å². The van der Waals surface area contributed by atoms with Gasteiger partial charge in [-0.1, -0.05) is 12.1 Å². The van der Waals surface area contributed by atoms with Crippen molar-refractivity contribution in [1.82, 2.24) is 0 Å². The van der Waals surface area contributed by atoms with Crippen molar-refractivity contribution in [2.75, 3.05) is 6.61 Å². The van der Waals surface area contributed by atoms with Gasteiger partial charge in [0.25, 0.3) is 0 Å². The van der Waals surface area contributed by atoms with E-state index in [0.717, 1.165) is 6.07 Å². The molecule has 5 rings (SSSR count). The molecule has 3 aromatic rings. The van der Waals surface area contributed by atoms with Gasteiger partial charge in [-0.25, -0.2) is 0 Å². The number of benzene rings is 2. The Kier molecular flexibility index (Phi) is 8.20. The standard InChI is InChI=1S/C27H30O14/c1-10-19(31)22(34)24(36)26(38-10)41-25-23(35)21(33)17(8-28)40-27(25)39-13-4-2-11(3-5-13)14-9-37-16-7-12(29)6-15(30)18(16)20(14)32/h2-7,9-10,17,19,21-31,33-36H,8H2,1H3/t10-,17-,19-,21-,22-,23+,24-,25-,26-,27-/m0/s1. The first kappa shape index (κ1) is 29.2. The minimum absolute atomic E-state index is 0.000592. The van der Waals surface area contributed by atoms with Crippen molar-refractivity contribution in [2.24, 2.45) is 0 Å². The molecule has 14 nitrogen and oxygen atoms in total. The molecule has 0 aliphatic carbocycles. The molecule has 1 aromatic heterocycles. The van der Waals surface area contributed by atoms with E-state index in [4.69, 9.17) is 23.4 Å². The molecule has 2 fully saturated rings. The molecular formula is C27H30O14. The van der Waals surface area contributed by atoms with Gasteiger partial charge in [0.1, 0.15) is 71.1 Å². The summed E-state index contributed by atoms with van der Waals surface area (Å²) < 4.78 is 28.0. The molecule has 0 bridgehead atoms. The lowest BCUT2D eigenvalue weighted by Gasteiger charge is -2.45. The maximum Gasteiger partial charge on any atom is 0.229 e. The fourth-order valence-electron chi connectivity index (χ4n) is 4.84. The molecule has 2 aliphatic rings. The highest BCUT2D eigenvalue weighted by molar-refractivity contribution is 5.88. The summed E-state index contributed by atoms with van der Waals surface area (Å²) in [5.74, 6) is -0.563. The van der Waals surface area contributed by atoms with E-state index in [0.29, 0.717) is 5.56 Å². The molecule has 0 radical (unpaired) electrons. The van der Waals surface area contributed by atoms with Crippen LogP contribution < -0.4 is 10.2 Å². The van der Waals surface area contributed by atoms with Crippen molar-refractivity contribution in [2.45, 2.75) is 68.3 Å². The average molecular weight is 579 g/mol. The lowest BCUT2D eigenvalue weighted by molar-refractivity contribution is -0.354. The number of phenols is 2. The highest BCUT2D eigenvalue weighted by atomic mass is 16.8. The van der Waals surface area contributed by atoms with Crippen LogP contribution in [0.3, 0.4) is 0 Å². The van der Waals surface area contributed by atoms with Gasteiger partial charge in [-0.15, -0.1) is 0 Å². The van der Waals surface area contributed by atoms with Crippen molar-refractivity contribution in [1.29, 1.82) is 0 Å². The topological polar surface area (TPSA) is 229 Å². The van der Waals surface area contributed by atoms with E-state index < -0.39 is 79.2 Å². The number of aliphatic hydroxyl groups excluding tert-OH is 6. The van der Waals surface area contributed by atoms with Gasteiger partial charge in [-0.05, 0) is 24.6 Å². The average Bonchev–Trinajstić information content (AvgIpc) is 2.94. The van der Waals surface area contributed by atoms with E-state index in [-0.39, 0.29) is 28.0 Å². The van der Waals surface area contributed by atoms with Crippen LogP contribution in [0.1, 0.15) is 6.92 Å². The molecule has 0 unspecified atom stereocenters. The Morgan fingerprint density at radius 1 is 0.854 bits per heavy atom.